The van der Waals surface area contributed by atoms with Gasteiger partial charge in [0.05, 0.1) is 4.90 Å². The van der Waals surface area contributed by atoms with Crippen LogP contribution in [0.15, 0.2) is 62.7 Å². The Morgan fingerprint density at radius 3 is 2.28 bits per heavy atom. The van der Waals surface area contributed by atoms with Gasteiger partial charge in [0.25, 0.3) is 10.0 Å². The van der Waals surface area contributed by atoms with Crippen LogP contribution in [0.2, 0.25) is 0 Å². The van der Waals surface area contributed by atoms with E-state index in [1.807, 2.05) is 13.8 Å². The van der Waals surface area contributed by atoms with E-state index in [4.69, 9.17) is 0 Å². The first-order valence-corrected chi connectivity index (χ1v) is 12.4. The minimum absolute atomic E-state index is 0.0314. The summed E-state index contributed by atoms with van der Waals surface area (Å²) in [7, 11) is -7.30. The highest BCUT2D eigenvalue weighted by atomic mass is 32.2. The highest BCUT2D eigenvalue weighted by Crippen LogP contribution is 2.31. The lowest BCUT2D eigenvalue weighted by molar-refractivity contribution is 0.204. The molecule has 2 heterocycles. The Kier molecular flexibility index (Phi) is 5.00. The third kappa shape index (κ3) is 3.58. The van der Waals surface area contributed by atoms with Crippen molar-refractivity contribution in [3.8, 4) is 0 Å². The molecule has 0 spiro atoms. The summed E-state index contributed by atoms with van der Waals surface area (Å²) >= 11 is 0. The summed E-state index contributed by atoms with van der Waals surface area (Å²) in [6.45, 7) is 3.89. The molecule has 2 atom stereocenters. The minimum atomic E-state index is -3.71. The van der Waals surface area contributed by atoms with Crippen LogP contribution in [0, 0.1) is 0 Å². The van der Waals surface area contributed by atoms with Gasteiger partial charge in [0.1, 0.15) is 4.90 Å². The molecule has 4 rings (SSSR count). The van der Waals surface area contributed by atoms with Crippen molar-refractivity contribution in [1.29, 1.82) is 0 Å². The average Bonchev–Trinajstić information content (AvgIpc) is 2.92. The maximum absolute atomic E-state index is 13.1. The van der Waals surface area contributed by atoms with E-state index in [9.17, 15) is 16.8 Å². The number of hydrogen-bond acceptors (Lipinski definition) is 5. The molecule has 1 N–H and O–H groups in total. The van der Waals surface area contributed by atoms with Gasteiger partial charge in [0.15, 0.2) is 5.84 Å². The van der Waals surface area contributed by atoms with Gasteiger partial charge < -0.3 is 5.32 Å². The van der Waals surface area contributed by atoms with Gasteiger partial charge in [-0.2, -0.15) is 12.7 Å². The monoisotopic (exact) mass is 433 g/mol. The molecule has 2 aromatic carbocycles. The fourth-order valence-corrected chi connectivity index (χ4v) is 7.09. The largest absolute Gasteiger partial charge is 0.339 e. The molecule has 0 bridgehead atoms. The van der Waals surface area contributed by atoms with Crippen molar-refractivity contribution in [3.63, 3.8) is 0 Å². The Bertz CT molecular complexity index is 1160. The third-order valence-corrected chi connectivity index (χ3v) is 8.91. The number of hydrogen-bond donors (Lipinski definition) is 1. The summed E-state index contributed by atoms with van der Waals surface area (Å²) in [4.78, 5) is 0.389. The van der Waals surface area contributed by atoms with Gasteiger partial charge in [-0.15, -0.1) is 4.40 Å². The lowest BCUT2D eigenvalue weighted by atomic mass is 10.0. The molecule has 7 nitrogen and oxygen atoms in total. The maximum Gasteiger partial charge on any atom is 0.285 e. The molecule has 2 aliphatic heterocycles. The standard InChI is InChI=1S/C20H23N3O4S2/c1-14-6-5-7-15(2)23(14)29(26,27)17-12-10-16(11-13-17)21-20-18-8-3-4-9-19(18)28(24,25)22-20/h3-4,8-15H,5-7H2,1-2H3,(H,21,22). The van der Waals surface area contributed by atoms with Gasteiger partial charge in [-0.05, 0) is 63.1 Å². The highest BCUT2D eigenvalue weighted by molar-refractivity contribution is 7.90. The summed E-state index contributed by atoms with van der Waals surface area (Å²) in [6.07, 6.45) is 2.75. The Balaban J connectivity index is 1.59. The number of nitrogens with zero attached hydrogens (tertiary/aromatic N) is 2. The molecule has 0 aromatic heterocycles. The first-order chi connectivity index (χ1) is 13.7. The zero-order valence-corrected chi connectivity index (χ0v) is 17.9. The minimum Gasteiger partial charge on any atom is -0.339 e. The zero-order chi connectivity index (χ0) is 20.8. The molecule has 9 heteroatoms. The predicted octanol–water partition coefficient (Wildman–Crippen LogP) is 3.20. The Morgan fingerprint density at radius 2 is 1.62 bits per heavy atom. The Hall–Kier alpha value is -2.23. The van der Waals surface area contributed by atoms with Crippen LogP contribution in [0.1, 0.15) is 38.7 Å². The van der Waals surface area contributed by atoms with Crippen molar-refractivity contribution < 1.29 is 16.8 Å². The first-order valence-electron chi connectivity index (χ1n) is 9.55. The van der Waals surface area contributed by atoms with Crippen molar-refractivity contribution >= 4 is 31.6 Å². The highest BCUT2D eigenvalue weighted by Gasteiger charge is 2.35. The van der Waals surface area contributed by atoms with Crippen molar-refractivity contribution in [2.75, 3.05) is 5.32 Å². The molecule has 0 saturated carbocycles. The number of sulfonamides is 2. The fourth-order valence-electron chi connectivity index (χ4n) is 4.04. The van der Waals surface area contributed by atoms with Gasteiger partial charge in [-0.1, -0.05) is 18.6 Å². The third-order valence-electron chi connectivity index (χ3n) is 5.44. The van der Waals surface area contributed by atoms with E-state index >= 15 is 0 Å². The molecule has 154 valence electrons. The van der Waals surface area contributed by atoms with Crippen molar-refractivity contribution in [2.45, 2.75) is 55.0 Å². The number of benzene rings is 2. The second-order valence-electron chi connectivity index (χ2n) is 7.52. The van der Waals surface area contributed by atoms with Crippen LogP contribution in [0.5, 0.6) is 0 Å². The summed E-state index contributed by atoms with van der Waals surface area (Å²) in [5.41, 5.74) is 1.06. The predicted molar refractivity (Wildman–Crippen MR) is 112 cm³/mol. The molecule has 2 aromatic rings. The second-order valence-corrected chi connectivity index (χ2v) is 10.9. The SMILES string of the molecule is CC1CCCC(C)N1S(=O)(=O)c1ccc(NC2=NS(=O)(=O)c3ccccc32)cc1. The molecular weight excluding hydrogens is 410 g/mol. The van der Waals surface area contributed by atoms with Gasteiger partial charge in [-0.25, -0.2) is 8.42 Å². The quantitative estimate of drug-likeness (QED) is 0.802. The Labute approximate surface area is 171 Å². The van der Waals surface area contributed by atoms with E-state index in [0.29, 0.717) is 11.3 Å². The van der Waals surface area contributed by atoms with Crippen LogP contribution >= 0.6 is 0 Å². The number of nitrogens with one attached hydrogen (secondary N) is 1. The first kappa shape index (κ1) is 20.1. The van der Waals surface area contributed by atoms with E-state index in [2.05, 4.69) is 9.71 Å². The number of rotatable bonds is 3. The van der Waals surface area contributed by atoms with E-state index in [0.717, 1.165) is 19.3 Å². The van der Waals surface area contributed by atoms with Crippen LogP contribution in [0.3, 0.4) is 0 Å². The smallest absolute Gasteiger partial charge is 0.285 e. The second kappa shape index (κ2) is 7.23. The Morgan fingerprint density at radius 1 is 1.00 bits per heavy atom. The van der Waals surface area contributed by atoms with Crippen LogP contribution in [0.25, 0.3) is 0 Å². The van der Waals surface area contributed by atoms with Crippen LogP contribution in [-0.2, 0) is 20.0 Å². The fraction of sp³-hybridized carbons (Fsp3) is 0.350. The lowest BCUT2D eigenvalue weighted by Gasteiger charge is -2.37. The molecule has 1 saturated heterocycles. The van der Waals surface area contributed by atoms with Gasteiger partial charge in [-0.3, -0.25) is 0 Å². The molecule has 2 unspecified atom stereocenters. The summed E-state index contributed by atoms with van der Waals surface area (Å²) < 4.78 is 56.0. The molecule has 2 aliphatic rings. The van der Waals surface area contributed by atoms with E-state index in [1.165, 1.54) is 6.07 Å². The summed E-state index contributed by atoms with van der Waals surface area (Å²) in [5.74, 6) is 0.231. The van der Waals surface area contributed by atoms with Crippen molar-refractivity contribution in [2.24, 2.45) is 4.40 Å². The molecule has 29 heavy (non-hydrogen) atoms. The maximum atomic E-state index is 13.1. The topological polar surface area (TPSA) is 95.9 Å². The normalized spacial score (nSPS) is 24.0. The number of anilines is 1. The number of piperidine rings is 1. The summed E-state index contributed by atoms with van der Waals surface area (Å²) in [6, 6.07) is 12.9. The van der Waals surface area contributed by atoms with Crippen LogP contribution < -0.4 is 5.32 Å². The number of fused-ring (bicyclic) bond motifs is 1. The average molecular weight is 434 g/mol. The molecule has 1 fully saturated rings. The molecule has 0 amide bonds. The van der Waals surface area contributed by atoms with Gasteiger partial charge >= 0.3 is 0 Å². The van der Waals surface area contributed by atoms with Crippen molar-refractivity contribution in [3.05, 3.63) is 54.1 Å². The zero-order valence-electron chi connectivity index (χ0n) is 16.2. The van der Waals surface area contributed by atoms with Crippen LogP contribution in [0.4, 0.5) is 5.69 Å². The van der Waals surface area contributed by atoms with E-state index < -0.39 is 20.0 Å². The van der Waals surface area contributed by atoms with Gasteiger partial charge in [0.2, 0.25) is 10.0 Å². The van der Waals surface area contributed by atoms with Crippen molar-refractivity contribution in [1.82, 2.24) is 4.31 Å². The number of amidine groups is 1. The molecular formula is C20H23N3O4S2. The van der Waals surface area contributed by atoms with Crippen LogP contribution in [-0.4, -0.2) is 39.1 Å². The van der Waals surface area contributed by atoms with E-state index in [1.54, 1.807) is 46.8 Å². The molecule has 0 aliphatic carbocycles. The molecule has 0 radical (unpaired) electrons. The summed E-state index contributed by atoms with van der Waals surface area (Å²) in [5, 5.41) is 2.99. The van der Waals surface area contributed by atoms with Gasteiger partial charge in [0, 0.05) is 23.3 Å². The lowest BCUT2D eigenvalue weighted by Crippen LogP contribution is -2.47. The van der Waals surface area contributed by atoms with E-state index in [-0.39, 0.29) is 27.7 Å².